The Balaban J connectivity index is 1.90. The number of furan rings is 2. The average molecular weight is 283 g/mol. The molecule has 0 aliphatic rings. The summed E-state index contributed by atoms with van der Waals surface area (Å²) in [5.41, 5.74) is 2.26. The Morgan fingerprint density at radius 1 is 1.14 bits per heavy atom. The van der Waals surface area contributed by atoms with Crippen molar-refractivity contribution in [2.45, 2.75) is 32.9 Å². The molecule has 2 aromatic heterocycles. The van der Waals surface area contributed by atoms with Gasteiger partial charge in [-0.15, -0.1) is 0 Å². The second-order valence-corrected chi connectivity index (χ2v) is 5.46. The largest absolute Gasteiger partial charge is 0.468 e. The van der Waals surface area contributed by atoms with Crippen LogP contribution >= 0.6 is 0 Å². The molecular formula is C18H21NO2. The van der Waals surface area contributed by atoms with E-state index >= 15 is 0 Å². The highest BCUT2D eigenvalue weighted by Gasteiger charge is 2.19. The van der Waals surface area contributed by atoms with Crippen molar-refractivity contribution < 1.29 is 8.83 Å². The molecule has 0 spiro atoms. The van der Waals surface area contributed by atoms with Gasteiger partial charge >= 0.3 is 0 Å². The fourth-order valence-corrected chi connectivity index (χ4v) is 2.74. The maximum atomic E-state index is 5.97. The van der Waals surface area contributed by atoms with E-state index in [0.717, 1.165) is 30.1 Å². The summed E-state index contributed by atoms with van der Waals surface area (Å²) in [5, 5.41) is 1.22. The Morgan fingerprint density at radius 3 is 2.67 bits per heavy atom. The van der Waals surface area contributed by atoms with Gasteiger partial charge in [-0.05, 0) is 32.2 Å². The minimum Gasteiger partial charge on any atom is -0.468 e. The van der Waals surface area contributed by atoms with Crippen LogP contribution in [-0.4, -0.2) is 11.9 Å². The highest BCUT2D eigenvalue weighted by Crippen LogP contribution is 2.29. The van der Waals surface area contributed by atoms with Gasteiger partial charge in [0.2, 0.25) is 0 Å². The monoisotopic (exact) mass is 283 g/mol. The molecule has 21 heavy (non-hydrogen) atoms. The van der Waals surface area contributed by atoms with Crippen LogP contribution in [0.4, 0.5) is 0 Å². The second-order valence-electron chi connectivity index (χ2n) is 5.46. The summed E-state index contributed by atoms with van der Waals surface area (Å²) in [4.78, 5) is 2.29. The summed E-state index contributed by atoms with van der Waals surface area (Å²) in [6.45, 7) is 5.14. The van der Waals surface area contributed by atoms with Crippen molar-refractivity contribution in [1.82, 2.24) is 4.90 Å². The molecule has 0 amide bonds. The highest BCUT2D eigenvalue weighted by molar-refractivity contribution is 5.82. The van der Waals surface area contributed by atoms with E-state index < -0.39 is 0 Å². The molecular weight excluding hydrogens is 262 g/mol. The van der Waals surface area contributed by atoms with Gasteiger partial charge in [-0.1, -0.05) is 25.1 Å². The molecule has 3 aromatic rings. The molecule has 110 valence electrons. The molecule has 0 aliphatic carbocycles. The number of rotatable bonds is 5. The highest BCUT2D eigenvalue weighted by atomic mass is 16.3. The zero-order valence-corrected chi connectivity index (χ0v) is 12.8. The van der Waals surface area contributed by atoms with Gasteiger partial charge in [-0.25, -0.2) is 0 Å². The van der Waals surface area contributed by atoms with E-state index in [9.17, 15) is 0 Å². The first kappa shape index (κ1) is 14.0. The third-order valence-corrected chi connectivity index (χ3v) is 4.13. The quantitative estimate of drug-likeness (QED) is 0.674. The SMILES string of the molecule is CCc1oc2ccccc2c1CN(C)C(C)c1ccco1. The minimum absolute atomic E-state index is 0.235. The van der Waals surface area contributed by atoms with Gasteiger partial charge in [-0.3, -0.25) is 4.90 Å². The van der Waals surface area contributed by atoms with Crippen molar-refractivity contribution >= 4 is 11.0 Å². The van der Waals surface area contributed by atoms with Crippen molar-refractivity contribution in [3.05, 3.63) is 59.7 Å². The van der Waals surface area contributed by atoms with E-state index in [0.29, 0.717) is 0 Å². The third kappa shape index (κ3) is 2.61. The van der Waals surface area contributed by atoms with Gasteiger partial charge in [0, 0.05) is 23.9 Å². The smallest absolute Gasteiger partial charge is 0.134 e. The third-order valence-electron chi connectivity index (χ3n) is 4.13. The van der Waals surface area contributed by atoms with E-state index in [4.69, 9.17) is 8.83 Å². The van der Waals surface area contributed by atoms with Gasteiger partial charge in [0.05, 0.1) is 12.3 Å². The predicted octanol–water partition coefficient (Wildman–Crippen LogP) is 4.78. The van der Waals surface area contributed by atoms with E-state index in [2.05, 4.69) is 37.9 Å². The molecule has 0 aliphatic heterocycles. The standard InChI is InChI=1S/C18H21NO2/c1-4-16-15(14-8-5-6-9-18(14)21-16)12-19(3)13(2)17-10-7-11-20-17/h5-11,13H,4,12H2,1-3H3. The van der Waals surface area contributed by atoms with Gasteiger partial charge < -0.3 is 8.83 Å². The molecule has 1 unspecified atom stereocenters. The summed E-state index contributed by atoms with van der Waals surface area (Å²) in [7, 11) is 2.12. The Hall–Kier alpha value is -2.00. The molecule has 0 N–H and O–H groups in total. The van der Waals surface area contributed by atoms with Crippen LogP contribution in [0.15, 0.2) is 51.5 Å². The molecule has 0 bridgehead atoms. The van der Waals surface area contributed by atoms with Crippen LogP contribution in [0.25, 0.3) is 11.0 Å². The summed E-state index contributed by atoms with van der Waals surface area (Å²) in [5.74, 6) is 2.07. The number of nitrogens with zero attached hydrogens (tertiary/aromatic N) is 1. The Bertz CT molecular complexity index is 712. The average Bonchev–Trinajstić information content (AvgIpc) is 3.14. The summed E-state index contributed by atoms with van der Waals surface area (Å²) >= 11 is 0. The number of hydrogen-bond acceptors (Lipinski definition) is 3. The van der Waals surface area contributed by atoms with Crippen LogP contribution in [-0.2, 0) is 13.0 Å². The summed E-state index contributed by atoms with van der Waals surface area (Å²) in [6.07, 6.45) is 2.64. The van der Waals surface area contributed by atoms with Crippen molar-refractivity contribution in [3.63, 3.8) is 0 Å². The first-order valence-electron chi connectivity index (χ1n) is 7.43. The minimum atomic E-state index is 0.235. The number of fused-ring (bicyclic) bond motifs is 1. The van der Waals surface area contributed by atoms with Crippen molar-refractivity contribution in [1.29, 1.82) is 0 Å². The first-order valence-corrected chi connectivity index (χ1v) is 7.43. The van der Waals surface area contributed by atoms with E-state index in [-0.39, 0.29) is 6.04 Å². The summed E-state index contributed by atoms with van der Waals surface area (Å²) in [6, 6.07) is 12.5. The molecule has 2 heterocycles. The van der Waals surface area contributed by atoms with E-state index in [1.54, 1.807) is 6.26 Å². The van der Waals surface area contributed by atoms with Gasteiger partial charge in [0.25, 0.3) is 0 Å². The van der Waals surface area contributed by atoms with Crippen LogP contribution in [0.5, 0.6) is 0 Å². The number of hydrogen-bond donors (Lipinski definition) is 0. The lowest BCUT2D eigenvalue weighted by atomic mass is 10.1. The molecule has 0 saturated carbocycles. The number of para-hydroxylation sites is 1. The Morgan fingerprint density at radius 2 is 1.95 bits per heavy atom. The van der Waals surface area contributed by atoms with Gasteiger partial charge in [0.15, 0.2) is 0 Å². The Labute approximate surface area is 125 Å². The lowest BCUT2D eigenvalue weighted by molar-refractivity contribution is 0.222. The maximum Gasteiger partial charge on any atom is 0.134 e. The second kappa shape index (κ2) is 5.78. The van der Waals surface area contributed by atoms with Crippen LogP contribution in [0.3, 0.4) is 0 Å². The molecule has 0 fully saturated rings. The number of benzene rings is 1. The molecule has 0 saturated heterocycles. The fourth-order valence-electron chi connectivity index (χ4n) is 2.74. The zero-order chi connectivity index (χ0) is 14.8. The Kier molecular flexibility index (Phi) is 3.84. The summed E-state index contributed by atoms with van der Waals surface area (Å²) < 4.78 is 11.5. The molecule has 3 heteroatoms. The van der Waals surface area contributed by atoms with E-state index in [1.165, 1.54) is 10.9 Å². The lowest BCUT2D eigenvalue weighted by Gasteiger charge is -2.23. The predicted molar refractivity (Wildman–Crippen MR) is 84.2 cm³/mol. The molecule has 0 radical (unpaired) electrons. The zero-order valence-electron chi connectivity index (χ0n) is 12.8. The van der Waals surface area contributed by atoms with Crippen LogP contribution in [0.2, 0.25) is 0 Å². The topological polar surface area (TPSA) is 29.5 Å². The molecule has 1 atom stereocenters. The normalized spacial score (nSPS) is 13.1. The fraction of sp³-hybridized carbons (Fsp3) is 0.333. The molecule has 1 aromatic carbocycles. The lowest BCUT2D eigenvalue weighted by Crippen LogP contribution is -2.21. The molecule has 3 nitrogen and oxygen atoms in total. The van der Waals surface area contributed by atoms with Gasteiger partial charge in [0.1, 0.15) is 17.1 Å². The van der Waals surface area contributed by atoms with Crippen LogP contribution in [0, 0.1) is 0 Å². The van der Waals surface area contributed by atoms with E-state index in [1.807, 2.05) is 24.3 Å². The maximum absolute atomic E-state index is 5.97. The van der Waals surface area contributed by atoms with Crippen LogP contribution < -0.4 is 0 Å². The number of aryl methyl sites for hydroxylation is 1. The van der Waals surface area contributed by atoms with Crippen LogP contribution in [0.1, 0.15) is 37.0 Å². The van der Waals surface area contributed by atoms with Crippen molar-refractivity contribution in [2.75, 3.05) is 7.05 Å². The molecule has 3 rings (SSSR count). The van der Waals surface area contributed by atoms with Crippen molar-refractivity contribution in [2.24, 2.45) is 0 Å². The van der Waals surface area contributed by atoms with Gasteiger partial charge in [-0.2, -0.15) is 0 Å². The first-order chi connectivity index (χ1) is 10.2. The van der Waals surface area contributed by atoms with Crippen molar-refractivity contribution in [3.8, 4) is 0 Å².